The van der Waals surface area contributed by atoms with E-state index in [0.717, 1.165) is 25.8 Å². The number of thioether (sulfide) groups is 1. The average molecular weight is 360 g/mol. The van der Waals surface area contributed by atoms with Crippen LogP contribution in [0, 0.1) is 0 Å². The second-order valence-corrected chi connectivity index (χ2v) is 6.75. The van der Waals surface area contributed by atoms with E-state index in [2.05, 4.69) is 20.9 Å². The summed E-state index contributed by atoms with van der Waals surface area (Å²) >= 11 is 5.07. The van der Waals surface area contributed by atoms with Crippen molar-refractivity contribution in [2.75, 3.05) is 5.75 Å². The van der Waals surface area contributed by atoms with Crippen molar-refractivity contribution in [3.8, 4) is 0 Å². The topological polar surface area (TPSA) is 33.1 Å². The first-order valence-corrected chi connectivity index (χ1v) is 8.41. The lowest BCUT2D eigenvalue weighted by Crippen LogP contribution is -2.00. The Morgan fingerprint density at radius 1 is 1.10 bits per heavy atom. The first kappa shape index (κ1) is 14.6. The molecule has 1 aromatic heterocycles. The van der Waals surface area contributed by atoms with Crippen LogP contribution in [0.5, 0.6) is 0 Å². The SMILES string of the molecule is OC(CSc1ccc(Br)cc1)c1ccc2cccnc2c1. The Labute approximate surface area is 136 Å². The molecule has 1 unspecified atom stereocenters. The predicted octanol–water partition coefficient (Wildman–Crippen LogP) is 4.82. The largest absolute Gasteiger partial charge is 0.388 e. The van der Waals surface area contributed by atoms with Crippen LogP contribution in [0.3, 0.4) is 0 Å². The molecule has 0 amide bonds. The van der Waals surface area contributed by atoms with E-state index in [-0.39, 0.29) is 0 Å². The van der Waals surface area contributed by atoms with Crippen LogP contribution in [-0.2, 0) is 0 Å². The van der Waals surface area contributed by atoms with Gasteiger partial charge in [-0.1, -0.05) is 34.1 Å². The fourth-order valence-corrected chi connectivity index (χ4v) is 3.23. The highest BCUT2D eigenvalue weighted by Gasteiger charge is 2.09. The maximum Gasteiger partial charge on any atom is 0.0884 e. The van der Waals surface area contributed by atoms with Crippen LogP contribution >= 0.6 is 27.7 Å². The third kappa shape index (κ3) is 3.64. The average Bonchev–Trinajstić information content (AvgIpc) is 2.53. The number of benzene rings is 2. The zero-order valence-electron chi connectivity index (χ0n) is 11.2. The van der Waals surface area contributed by atoms with Crippen molar-refractivity contribution >= 4 is 38.6 Å². The van der Waals surface area contributed by atoms with Gasteiger partial charge in [-0.25, -0.2) is 0 Å². The lowest BCUT2D eigenvalue weighted by Gasteiger charge is -2.11. The van der Waals surface area contributed by atoms with Crippen LogP contribution in [0.25, 0.3) is 10.9 Å². The summed E-state index contributed by atoms with van der Waals surface area (Å²) in [5, 5.41) is 11.4. The van der Waals surface area contributed by atoms with E-state index in [4.69, 9.17) is 0 Å². The quantitative estimate of drug-likeness (QED) is 0.677. The molecule has 0 saturated heterocycles. The Morgan fingerprint density at radius 2 is 1.90 bits per heavy atom. The molecule has 0 bridgehead atoms. The summed E-state index contributed by atoms with van der Waals surface area (Å²) in [6.07, 6.45) is 1.28. The van der Waals surface area contributed by atoms with Gasteiger partial charge >= 0.3 is 0 Å². The second-order valence-electron chi connectivity index (χ2n) is 4.74. The first-order valence-electron chi connectivity index (χ1n) is 6.63. The number of hydrogen-bond acceptors (Lipinski definition) is 3. The van der Waals surface area contributed by atoms with Crippen LogP contribution in [0.1, 0.15) is 11.7 Å². The van der Waals surface area contributed by atoms with Crippen molar-refractivity contribution in [3.63, 3.8) is 0 Å². The number of pyridine rings is 1. The van der Waals surface area contributed by atoms with Crippen molar-refractivity contribution in [1.82, 2.24) is 4.98 Å². The fourth-order valence-electron chi connectivity index (χ4n) is 2.09. The van der Waals surface area contributed by atoms with E-state index in [0.29, 0.717) is 5.75 Å². The van der Waals surface area contributed by atoms with Crippen LogP contribution in [-0.4, -0.2) is 15.8 Å². The van der Waals surface area contributed by atoms with Crippen molar-refractivity contribution in [3.05, 3.63) is 70.8 Å². The Hall–Kier alpha value is -1.36. The first-order chi connectivity index (χ1) is 10.2. The van der Waals surface area contributed by atoms with Gasteiger partial charge in [0.2, 0.25) is 0 Å². The Balaban J connectivity index is 1.71. The summed E-state index contributed by atoms with van der Waals surface area (Å²) in [6.45, 7) is 0. The standard InChI is InChI=1S/C17H14BrNOS/c18-14-5-7-15(8-6-14)21-11-17(20)13-4-3-12-2-1-9-19-16(12)10-13/h1-10,17,20H,11H2. The molecule has 1 atom stereocenters. The van der Waals surface area contributed by atoms with Gasteiger partial charge in [0.1, 0.15) is 0 Å². The molecular weight excluding hydrogens is 346 g/mol. The van der Waals surface area contributed by atoms with Gasteiger partial charge in [-0.2, -0.15) is 0 Å². The predicted molar refractivity (Wildman–Crippen MR) is 91.6 cm³/mol. The van der Waals surface area contributed by atoms with Crippen molar-refractivity contribution < 1.29 is 5.11 Å². The van der Waals surface area contributed by atoms with Gasteiger partial charge in [0.25, 0.3) is 0 Å². The molecule has 3 rings (SSSR count). The van der Waals surface area contributed by atoms with Crippen LogP contribution in [0.2, 0.25) is 0 Å². The molecule has 2 nitrogen and oxygen atoms in total. The molecule has 1 heterocycles. The highest BCUT2D eigenvalue weighted by molar-refractivity contribution is 9.10. The maximum absolute atomic E-state index is 10.3. The van der Waals surface area contributed by atoms with Gasteiger partial charge in [0.05, 0.1) is 11.6 Å². The Morgan fingerprint density at radius 3 is 2.71 bits per heavy atom. The van der Waals surface area contributed by atoms with Gasteiger partial charge < -0.3 is 5.11 Å². The summed E-state index contributed by atoms with van der Waals surface area (Å²) < 4.78 is 1.06. The van der Waals surface area contributed by atoms with E-state index in [9.17, 15) is 5.11 Å². The van der Waals surface area contributed by atoms with Crippen LogP contribution in [0.15, 0.2) is 70.2 Å². The molecule has 0 aliphatic heterocycles. The number of nitrogens with zero attached hydrogens (tertiary/aromatic N) is 1. The molecule has 0 aliphatic carbocycles. The van der Waals surface area contributed by atoms with Gasteiger partial charge in [-0.3, -0.25) is 4.98 Å². The zero-order valence-corrected chi connectivity index (χ0v) is 13.6. The highest BCUT2D eigenvalue weighted by Crippen LogP contribution is 2.27. The number of halogens is 1. The zero-order chi connectivity index (χ0) is 14.7. The minimum atomic E-state index is -0.495. The molecule has 0 radical (unpaired) electrons. The molecule has 0 spiro atoms. The monoisotopic (exact) mass is 359 g/mol. The van der Waals surface area contributed by atoms with E-state index in [1.165, 1.54) is 0 Å². The van der Waals surface area contributed by atoms with Gasteiger partial charge in [0, 0.05) is 26.7 Å². The molecule has 0 fully saturated rings. The number of hydrogen-bond donors (Lipinski definition) is 1. The van der Waals surface area contributed by atoms with Crippen molar-refractivity contribution in [1.29, 1.82) is 0 Å². The van der Waals surface area contributed by atoms with E-state index < -0.39 is 6.10 Å². The summed E-state index contributed by atoms with van der Waals surface area (Å²) in [5.74, 6) is 0.625. The molecular formula is C17H14BrNOS. The van der Waals surface area contributed by atoms with Crippen LogP contribution < -0.4 is 0 Å². The molecule has 3 aromatic rings. The van der Waals surface area contributed by atoms with Crippen molar-refractivity contribution in [2.24, 2.45) is 0 Å². The van der Waals surface area contributed by atoms with Crippen molar-refractivity contribution in [2.45, 2.75) is 11.0 Å². The smallest absolute Gasteiger partial charge is 0.0884 e. The lowest BCUT2D eigenvalue weighted by molar-refractivity contribution is 0.204. The number of aromatic nitrogens is 1. The lowest BCUT2D eigenvalue weighted by atomic mass is 10.1. The van der Waals surface area contributed by atoms with Gasteiger partial charge in [-0.15, -0.1) is 11.8 Å². The molecule has 21 heavy (non-hydrogen) atoms. The third-order valence-electron chi connectivity index (χ3n) is 3.24. The number of fused-ring (bicyclic) bond motifs is 1. The Bertz CT molecular complexity index is 745. The molecule has 4 heteroatoms. The van der Waals surface area contributed by atoms with Crippen LogP contribution in [0.4, 0.5) is 0 Å². The Kier molecular flexibility index (Phi) is 4.58. The van der Waals surface area contributed by atoms with E-state index in [1.807, 2.05) is 54.6 Å². The molecule has 0 saturated carbocycles. The number of aliphatic hydroxyl groups excluding tert-OH is 1. The summed E-state index contributed by atoms with van der Waals surface area (Å²) in [5.41, 5.74) is 1.83. The molecule has 106 valence electrons. The maximum atomic E-state index is 10.3. The molecule has 0 aliphatic rings. The summed E-state index contributed by atoms with van der Waals surface area (Å²) in [4.78, 5) is 5.48. The van der Waals surface area contributed by atoms with E-state index in [1.54, 1.807) is 18.0 Å². The minimum Gasteiger partial charge on any atom is -0.388 e. The van der Waals surface area contributed by atoms with Gasteiger partial charge in [-0.05, 0) is 42.0 Å². The summed E-state index contributed by atoms with van der Waals surface area (Å²) in [7, 11) is 0. The fraction of sp³-hybridized carbons (Fsp3) is 0.118. The summed E-state index contributed by atoms with van der Waals surface area (Å²) in [6, 6.07) is 18.0. The second kappa shape index (κ2) is 6.60. The van der Waals surface area contributed by atoms with Gasteiger partial charge in [0.15, 0.2) is 0 Å². The highest BCUT2D eigenvalue weighted by atomic mass is 79.9. The molecule has 1 N–H and O–H groups in total. The molecule has 2 aromatic carbocycles. The number of rotatable bonds is 4. The minimum absolute atomic E-state index is 0.495. The normalized spacial score (nSPS) is 12.5. The third-order valence-corrected chi connectivity index (χ3v) is 4.85. The van der Waals surface area contributed by atoms with E-state index >= 15 is 0 Å². The number of aliphatic hydroxyl groups is 1.